The third-order valence-electron chi connectivity index (χ3n) is 7.22. The Kier molecular flexibility index (Phi) is 5.02. The third-order valence-corrected chi connectivity index (χ3v) is 9.64. The van der Waals surface area contributed by atoms with E-state index in [1.807, 2.05) is 6.07 Å². The van der Waals surface area contributed by atoms with Gasteiger partial charge in [0, 0.05) is 22.8 Å². The minimum atomic E-state index is 0.0250. The van der Waals surface area contributed by atoms with Crippen LogP contribution < -0.4 is 4.90 Å². The number of rotatable bonds is 5. The SMILES string of the molecule is CC(=O)N(c1nc(CSC23CC4CC(CC(C4)C2)C3)cs1)c1c(C)cccc1C. The molecule has 4 fully saturated rings. The molecule has 4 saturated carbocycles. The first-order valence-corrected chi connectivity index (χ1v) is 12.7. The number of hydrogen-bond donors (Lipinski definition) is 0. The largest absolute Gasteiger partial charge is 0.274 e. The number of carbonyl (C=O) groups is 1. The Morgan fingerprint density at radius 2 is 1.72 bits per heavy atom. The fourth-order valence-electron chi connectivity index (χ4n) is 6.45. The van der Waals surface area contributed by atoms with Crippen molar-refractivity contribution in [3.05, 3.63) is 40.4 Å². The lowest BCUT2D eigenvalue weighted by atomic mass is 9.56. The van der Waals surface area contributed by atoms with Crippen molar-refractivity contribution in [2.24, 2.45) is 17.8 Å². The van der Waals surface area contributed by atoms with Gasteiger partial charge in [-0.3, -0.25) is 9.69 Å². The van der Waals surface area contributed by atoms with Gasteiger partial charge in [-0.05, 0) is 81.3 Å². The van der Waals surface area contributed by atoms with Crippen molar-refractivity contribution < 1.29 is 4.79 Å². The van der Waals surface area contributed by atoms with Gasteiger partial charge in [0.2, 0.25) is 5.91 Å². The number of thioether (sulfide) groups is 1. The maximum atomic E-state index is 12.5. The lowest BCUT2D eigenvalue weighted by molar-refractivity contribution is -0.115. The van der Waals surface area contributed by atoms with E-state index in [1.54, 1.807) is 23.2 Å². The van der Waals surface area contributed by atoms with E-state index in [0.717, 1.165) is 51.1 Å². The van der Waals surface area contributed by atoms with Crippen molar-refractivity contribution in [1.82, 2.24) is 4.98 Å². The summed E-state index contributed by atoms with van der Waals surface area (Å²) in [4.78, 5) is 19.2. The first-order chi connectivity index (χ1) is 13.9. The molecule has 0 saturated heterocycles. The summed E-state index contributed by atoms with van der Waals surface area (Å²) in [5.41, 5.74) is 4.33. The molecule has 29 heavy (non-hydrogen) atoms. The van der Waals surface area contributed by atoms with Gasteiger partial charge in [0.15, 0.2) is 5.13 Å². The number of aromatic nitrogens is 1. The molecular weight excluding hydrogens is 396 g/mol. The second-order valence-electron chi connectivity index (χ2n) is 9.61. The highest BCUT2D eigenvalue weighted by molar-refractivity contribution is 7.99. The fraction of sp³-hybridized carbons (Fsp3) is 0.583. The molecule has 2 aromatic rings. The van der Waals surface area contributed by atoms with Crippen LogP contribution in [0.1, 0.15) is 62.3 Å². The van der Waals surface area contributed by atoms with Crippen LogP contribution >= 0.6 is 23.1 Å². The Hall–Kier alpha value is -1.33. The highest BCUT2D eigenvalue weighted by Gasteiger charge is 2.51. The fourth-order valence-corrected chi connectivity index (χ4v) is 9.09. The molecule has 1 heterocycles. The first-order valence-electron chi connectivity index (χ1n) is 10.9. The van der Waals surface area contributed by atoms with Crippen molar-refractivity contribution in [2.45, 2.75) is 69.8 Å². The van der Waals surface area contributed by atoms with E-state index in [0.29, 0.717) is 4.75 Å². The molecule has 0 unspecified atom stereocenters. The molecule has 0 N–H and O–H groups in total. The van der Waals surface area contributed by atoms with Crippen LogP contribution in [0.25, 0.3) is 0 Å². The molecule has 4 aliphatic carbocycles. The summed E-state index contributed by atoms with van der Waals surface area (Å²) in [6.45, 7) is 5.77. The van der Waals surface area contributed by atoms with Crippen LogP contribution in [0, 0.1) is 31.6 Å². The highest BCUT2D eigenvalue weighted by Crippen LogP contribution is 2.61. The number of thiazole rings is 1. The van der Waals surface area contributed by atoms with Crippen LogP contribution in [0.4, 0.5) is 10.8 Å². The van der Waals surface area contributed by atoms with Gasteiger partial charge in [0.05, 0.1) is 11.4 Å². The number of aryl methyl sites for hydroxylation is 2. The van der Waals surface area contributed by atoms with Gasteiger partial charge in [0.1, 0.15) is 0 Å². The van der Waals surface area contributed by atoms with Gasteiger partial charge in [0.25, 0.3) is 0 Å². The second kappa shape index (κ2) is 7.42. The summed E-state index contributed by atoms with van der Waals surface area (Å²) >= 11 is 3.76. The number of hydrogen-bond acceptors (Lipinski definition) is 4. The average Bonchev–Trinajstić information content (AvgIpc) is 3.10. The molecule has 6 rings (SSSR count). The standard InChI is InChI=1S/C24H30N2OS2/c1-15-5-4-6-16(2)22(15)26(17(3)27)23-25-21(13-28-23)14-29-24-10-18-7-19(11-24)9-20(8-18)12-24/h4-6,13,18-20H,7-12,14H2,1-3H3. The zero-order chi connectivity index (χ0) is 20.2. The molecule has 0 atom stereocenters. The van der Waals surface area contributed by atoms with E-state index < -0.39 is 0 Å². The molecule has 4 aliphatic rings. The summed E-state index contributed by atoms with van der Waals surface area (Å²) in [6.07, 6.45) is 8.73. The van der Waals surface area contributed by atoms with E-state index >= 15 is 0 Å². The second-order valence-corrected chi connectivity index (χ2v) is 11.9. The molecular formula is C24H30N2OS2. The van der Waals surface area contributed by atoms with Crippen LogP contribution in [0.2, 0.25) is 0 Å². The zero-order valence-corrected chi connectivity index (χ0v) is 19.2. The number of anilines is 2. The Morgan fingerprint density at radius 1 is 1.14 bits per heavy atom. The van der Waals surface area contributed by atoms with Crippen molar-refractivity contribution in [2.75, 3.05) is 4.90 Å². The molecule has 0 radical (unpaired) electrons. The normalized spacial score (nSPS) is 30.0. The van der Waals surface area contributed by atoms with E-state index in [1.165, 1.54) is 38.5 Å². The summed E-state index contributed by atoms with van der Waals surface area (Å²) in [7, 11) is 0. The number of para-hydroxylation sites is 1. The quantitative estimate of drug-likeness (QED) is 0.537. The van der Waals surface area contributed by atoms with Crippen LogP contribution in [0.15, 0.2) is 23.6 Å². The molecule has 5 heteroatoms. The van der Waals surface area contributed by atoms with Crippen LogP contribution in [0.3, 0.4) is 0 Å². The van der Waals surface area contributed by atoms with E-state index in [4.69, 9.17) is 4.98 Å². The van der Waals surface area contributed by atoms with Crippen LogP contribution in [0.5, 0.6) is 0 Å². The van der Waals surface area contributed by atoms with Gasteiger partial charge >= 0.3 is 0 Å². The van der Waals surface area contributed by atoms with E-state index in [2.05, 4.69) is 43.1 Å². The predicted molar refractivity (Wildman–Crippen MR) is 123 cm³/mol. The summed E-state index contributed by atoms with van der Waals surface area (Å²) in [5, 5.41) is 2.96. The minimum Gasteiger partial charge on any atom is -0.274 e. The summed E-state index contributed by atoms with van der Waals surface area (Å²) in [6, 6.07) is 6.17. The summed E-state index contributed by atoms with van der Waals surface area (Å²) in [5.74, 6) is 3.95. The first kappa shape index (κ1) is 19.6. The molecule has 1 aromatic heterocycles. The molecule has 0 spiro atoms. The lowest BCUT2D eigenvalue weighted by Gasteiger charge is -2.56. The Bertz CT molecular complexity index is 879. The molecule has 0 aliphatic heterocycles. The predicted octanol–water partition coefficient (Wildman–Crippen LogP) is 6.65. The lowest BCUT2D eigenvalue weighted by Crippen LogP contribution is -2.48. The Balaban J connectivity index is 1.34. The van der Waals surface area contributed by atoms with Gasteiger partial charge < -0.3 is 0 Å². The van der Waals surface area contributed by atoms with E-state index in [9.17, 15) is 4.79 Å². The average molecular weight is 427 g/mol. The summed E-state index contributed by atoms with van der Waals surface area (Å²) < 4.78 is 0.505. The van der Waals surface area contributed by atoms with Crippen molar-refractivity contribution in [3.8, 4) is 0 Å². The number of amides is 1. The third kappa shape index (κ3) is 3.65. The zero-order valence-electron chi connectivity index (χ0n) is 17.6. The van der Waals surface area contributed by atoms with Gasteiger partial charge in [-0.1, -0.05) is 18.2 Å². The molecule has 4 bridgehead atoms. The molecule has 1 amide bonds. The smallest absolute Gasteiger partial charge is 0.230 e. The topological polar surface area (TPSA) is 33.2 Å². The highest BCUT2D eigenvalue weighted by atomic mass is 32.2. The van der Waals surface area contributed by atoms with Gasteiger partial charge in [-0.2, -0.15) is 0 Å². The Morgan fingerprint density at radius 3 is 2.28 bits per heavy atom. The number of carbonyl (C=O) groups excluding carboxylic acids is 1. The number of benzene rings is 1. The van der Waals surface area contributed by atoms with Crippen molar-refractivity contribution in [1.29, 1.82) is 0 Å². The maximum absolute atomic E-state index is 12.5. The maximum Gasteiger partial charge on any atom is 0.230 e. The van der Waals surface area contributed by atoms with Crippen molar-refractivity contribution in [3.63, 3.8) is 0 Å². The molecule has 154 valence electrons. The van der Waals surface area contributed by atoms with Gasteiger partial charge in [-0.25, -0.2) is 4.98 Å². The van der Waals surface area contributed by atoms with Crippen LogP contribution in [-0.4, -0.2) is 15.6 Å². The van der Waals surface area contributed by atoms with Gasteiger partial charge in [-0.15, -0.1) is 23.1 Å². The molecule has 1 aromatic carbocycles. The van der Waals surface area contributed by atoms with E-state index in [-0.39, 0.29) is 5.91 Å². The monoisotopic (exact) mass is 426 g/mol. The van der Waals surface area contributed by atoms with Crippen molar-refractivity contribution >= 4 is 39.8 Å². The number of nitrogens with zero attached hydrogens (tertiary/aromatic N) is 2. The minimum absolute atomic E-state index is 0.0250. The van der Waals surface area contributed by atoms with Crippen LogP contribution in [-0.2, 0) is 10.5 Å². The Labute approximate surface area is 182 Å². The molecule has 3 nitrogen and oxygen atoms in total.